The number of ether oxygens (including phenoxy) is 2. The molecule has 3 aromatic carbocycles. The van der Waals surface area contributed by atoms with Gasteiger partial charge in [-0.15, -0.1) is 0 Å². The van der Waals surface area contributed by atoms with Crippen molar-refractivity contribution in [3.8, 4) is 5.75 Å². The van der Waals surface area contributed by atoms with Crippen LogP contribution in [0.15, 0.2) is 60.7 Å². The van der Waals surface area contributed by atoms with E-state index in [0.29, 0.717) is 24.8 Å². The topological polar surface area (TPSA) is 62.2 Å². The van der Waals surface area contributed by atoms with Gasteiger partial charge in [0.1, 0.15) is 11.9 Å². The Kier molecular flexibility index (Phi) is 7.52. The molecule has 3 atom stereocenters. The van der Waals surface area contributed by atoms with Gasteiger partial charge in [0.2, 0.25) is 0 Å². The molecule has 3 aromatic rings. The predicted octanol–water partition coefficient (Wildman–Crippen LogP) is 4.62. The second kappa shape index (κ2) is 10.8. The summed E-state index contributed by atoms with van der Waals surface area (Å²) in [6, 6.07) is 19.8. The number of aryl methyl sites for hydroxylation is 1. The van der Waals surface area contributed by atoms with Gasteiger partial charge in [-0.2, -0.15) is 0 Å². The number of carbonyl (C=O) groups is 1. The summed E-state index contributed by atoms with van der Waals surface area (Å²) < 4.78 is 11.4. The van der Waals surface area contributed by atoms with Gasteiger partial charge in [0.05, 0.1) is 18.3 Å². The second-order valence-corrected chi connectivity index (χ2v) is 10.8. The number of carbonyl (C=O) groups excluding carboxylic acids is 1. The van der Waals surface area contributed by atoms with Crippen LogP contribution in [0.5, 0.6) is 5.75 Å². The van der Waals surface area contributed by atoms with E-state index >= 15 is 0 Å². The normalized spacial score (nSPS) is 25.2. The summed E-state index contributed by atoms with van der Waals surface area (Å²) in [5, 5.41) is 14.4. The van der Waals surface area contributed by atoms with Crippen LogP contribution in [-0.2, 0) is 10.3 Å². The van der Waals surface area contributed by atoms with Gasteiger partial charge in [0.25, 0.3) is 0 Å². The molecule has 1 heterocycles. The Morgan fingerprint density at radius 2 is 1.70 bits per heavy atom. The van der Waals surface area contributed by atoms with E-state index in [9.17, 15) is 9.90 Å². The molecule has 6 nitrogen and oxygen atoms in total. The Labute approximate surface area is 219 Å². The molecule has 1 saturated heterocycles. The van der Waals surface area contributed by atoms with Crippen molar-refractivity contribution in [1.29, 1.82) is 0 Å². The molecule has 6 heteroatoms. The first-order valence-corrected chi connectivity index (χ1v) is 13.3. The Balaban J connectivity index is 1.39. The fourth-order valence-corrected chi connectivity index (χ4v) is 5.80. The highest BCUT2D eigenvalue weighted by Gasteiger charge is 2.45. The maximum absolute atomic E-state index is 12.9. The third-order valence-electron chi connectivity index (χ3n) is 8.25. The Hall–Kier alpha value is -2.93. The van der Waals surface area contributed by atoms with Crippen molar-refractivity contribution >= 4 is 16.7 Å². The molecular formula is C31H38N2O4. The van der Waals surface area contributed by atoms with Crippen molar-refractivity contribution in [3.63, 3.8) is 0 Å². The van der Waals surface area contributed by atoms with Crippen molar-refractivity contribution in [2.45, 2.75) is 37.9 Å². The van der Waals surface area contributed by atoms with Gasteiger partial charge in [-0.3, -0.25) is 0 Å². The molecule has 0 amide bonds. The quantitative estimate of drug-likeness (QED) is 0.497. The molecule has 2 aliphatic rings. The zero-order chi connectivity index (χ0) is 26.0. The largest absolute Gasteiger partial charge is 0.497 e. The molecular weight excluding hydrogens is 464 g/mol. The molecule has 5 rings (SSSR count). The van der Waals surface area contributed by atoms with E-state index < -0.39 is 5.60 Å². The SMILES string of the molecule is COc1ccc2cc(C3(O)CCC(OC(=O)c4ccc(C)cc4)CC3CN3CCN(C)CC3)ccc2c1. The van der Waals surface area contributed by atoms with E-state index in [1.807, 2.05) is 49.4 Å². The highest BCUT2D eigenvalue weighted by atomic mass is 16.5. The lowest BCUT2D eigenvalue weighted by Gasteiger charge is -2.46. The van der Waals surface area contributed by atoms with E-state index in [4.69, 9.17) is 9.47 Å². The van der Waals surface area contributed by atoms with Gasteiger partial charge >= 0.3 is 5.97 Å². The van der Waals surface area contributed by atoms with E-state index in [-0.39, 0.29) is 18.0 Å². The Morgan fingerprint density at radius 3 is 2.43 bits per heavy atom. The van der Waals surface area contributed by atoms with Crippen LogP contribution >= 0.6 is 0 Å². The van der Waals surface area contributed by atoms with Gasteiger partial charge in [-0.25, -0.2) is 4.79 Å². The number of esters is 1. The maximum Gasteiger partial charge on any atom is 0.338 e. The number of rotatable bonds is 6. The summed E-state index contributed by atoms with van der Waals surface area (Å²) in [5.74, 6) is 0.493. The smallest absolute Gasteiger partial charge is 0.338 e. The molecule has 1 aliphatic heterocycles. The fourth-order valence-electron chi connectivity index (χ4n) is 5.80. The molecule has 1 aliphatic carbocycles. The predicted molar refractivity (Wildman–Crippen MR) is 146 cm³/mol. The van der Waals surface area contributed by atoms with E-state index in [0.717, 1.165) is 60.4 Å². The summed E-state index contributed by atoms with van der Waals surface area (Å²) in [6.07, 6.45) is 1.62. The van der Waals surface area contributed by atoms with Crippen LogP contribution in [0, 0.1) is 12.8 Å². The first-order chi connectivity index (χ1) is 17.8. The number of piperazine rings is 1. The van der Waals surface area contributed by atoms with Gasteiger partial charge in [-0.05, 0) is 79.9 Å². The zero-order valence-corrected chi connectivity index (χ0v) is 22.2. The van der Waals surface area contributed by atoms with E-state index in [1.54, 1.807) is 7.11 Å². The van der Waals surface area contributed by atoms with Gasteiger partial charge in [0.15, 0.2) is 0 Å². The highest BCUT2D eigenvalue weighted by molar-refractivity contribution is 5.89. The lowest BCUT2D eigenvalue weighted by Crippen LogP contribution is -2.52. The molecule has 196 valence electrons. The number of hydrogen-bond donors (Lipinski definition) is 1. The third kappa shape index (κ3) is 5.66. The third-order valence-corrected chi connectivity index (χ3v) is 8.25. The molecule has 0 bridgehead atoms. The lowest BCUT2D eigenvalue weighted by molar-refractivity contribution is -0.100. The molecule has 37 heavy (non-hydrogen) atoms. The Morgan fingerprint density at radius 1 is 1.00 bits per heavy atom. The maximum atomic E-state index is 12.9. The van der Waals surface area contributed by atoms with Crippen LogP contribution in [0.3, 0.4) is 0 Å². The van der Waals surface area contributed by atoms with Gasteiger partial charge < -0.3 is 24.4 Å². The minimum Gasteiger partial charge on any atom is -0.497 e. The number of fused-ring (bicyclic) bond motifs is 1. The average molecular weight is 503 g/mol. The number of nitrogens with zero attached hydrogens (tertiary/aromatic N) is 2. The molecule has 0 aromatic heterocycles. The number of aliphatic hydroxyl groups is 1. The Bertz CT molecular complexity index is 1240. The molecule has 3 unspecified atom stereocenters. The number of methoxy groups -OCH3 is 1. The molecule has 0 radical (unpaired) electrons. The van der Waals surface area contributed by atoms with Crippen molar-refractivity contribution in [3.05, 3.63) is 77.4 Å². The first-order valence-electron chi connectivity index (χ1n) is 13.3. The zero-order valence-electron chi connectivity index (χ0n) is 22.2. The van der Waals surface area contributed by atoms with Crippen molar-refractivity contribution < 1.29 is 19.4 Å². The van der Waals surface area contributed by atoms with Gasteiger partial charge in [-0.1, -0.05) is 35.9 Å². The summed E-state index contributed by atoms with van der Waals surface area (Å²) in [7, 11) is 3.82. The van der Waals surface area contributed by atoms with Crippen LogP contribution in [0.1, 0.15) is 40.7 Å². The van der Waals surface area contributed by atoms with Crippen LogP contribution in [0.2, 0.25) is 0 Å². The number of likely N-dealkylation sites (N-methyl/N-ethyl adjacent to an activating group) is 1. The molecule has 1 N–H and O–H groups in total. The fraction of sp³-hybridized carbons (Fsp3) is 0.452. The first kappa shape index (κ1) is 25.7. The summed E-state index contributed by atoms with van der Waals surface area (Å²) in [4.78, 5) is 17.7. The second-order valence-electron chi connectivity index (χ2n) is 10.8. The number of benzene rings is 3. The summed E-state index contributed by atoms with van der Waals surface area (Å²) in [6.45, 7) is 6.79. The van der Waals surface area contributed by atoms with Crippen LogP contribution in [-0.4, -0.2) is 73.9 Å². The standard InChI is InChI=1S/C31H38N2O4/c1-22-4-6-23(7-5-22)30(34)37-29-12-13-31(35,27(20-29)21-33-16-14-32(2)15-17-33)26-10-8-25-19-28(36-3)11-9-24(25)18-26/h4-11,18-19,27,29,35H,12-17,20-21H2,1-3H3. The molecule has 2 fully saturated rings. The number of hydrogen-bond acceptors (Lipinski definition) is 6. The minimum atomic E-state index is -0.982. The van der Waals surface area contributed by atoms with Crippen LogP contribution in [0.25, 0.3) is 10.8 Å². The van der Waals surface area contributed by atoms with Crippen LogP contribution in [0.4, 0.5) is 0 Å². The van der Waals surface area contributed by atoms with E-state index in [1.165, 1.54) is 0 Å². The minimum absolute atomic E-state index is 0.0452. The monoisotopic (exact) mass is 502 g/mol. The average Bonchev–Trinajstić information content (AvgIpc) is 2.91. The molecule has 1 saturated carbocycles. The van der Waals surface area contributed by atoms with E-state index in [2.05, 4.69) is 35.0 Å². The van der Waals surface area contributed by atoms with Crippen molar-refractivity contribution in [2.24, 2.45) is 5.92 Å². The van der Waals surface area contributed by atoms with Crippen molar-refractivity contribution in [1.82, 2.24) is 9.80 Å². The highest BCUT2D eigenvalue weighted by Crippen LogP contribution is 2.44. The summed E-state index contributed by atoms with van der Waals surface area (Å²) in [5.41, 5.74) is 1.64. The van der Waals surface area contributed by atoms with Crippen LogP contribution < -0.4 is 4.74 Å². The molecule has 0 spiro atoms. The van der Waals surface area contributed by atoms with Crippen molar-refractivity contribution in [2.75, 3.05) is 46.9 Å². The van der Waals surface area contributed by atoms with Gasteiger partial charge in [0, 0.05) is 38.6 Å². The lowest BCUT2D eigenvalue weighted by atomic mass is 9.70. The summed E-state index contributed by atoms with van der Waals surface area (Å²) >= 11 is 0.